The van der Waals surface area contributed by atoms with Crippen LogP contribution in [0.15, 0.2) is 30.3 Å². The molecule has 24 heavy (non-hydrogen) atoms. The van der Waals surface area contributed by atoms with Gasteiger partial charge in [-0.25, -0.2) is 0 Å². The average molecular weight is 406 g/mol. The molecular weight excluding hydrogens is 395 g/mol. The summed E-state index contributed by atoms with van der Waals surface area (Å²) in [5.74, 6) is -1.30. The summed E-state index contributed by atoms with van der Waals surface area (Å²) in [6.45, 7) is 0. The van der Waals surface area contributed by atoms with E-state index < -0.39 is 11.8 Å². The molecule has 2 N–H and O–H groups in total. The molecule has 0 spiro atoms. The van der Waals surface area contributed by atoms with E-state index in [1.807, 2.05) is 0 Å². The minimum Gasteiger partial charge on any atom is -0.293 e. The van der Waals surface area contributed by atoms with Gasteiger partial charge in [-0.3, -0.25) is 25.2 Å². The van der Waals surface area contributed by atoms with Crippen molar-refractivity contribution in [1.82, 2.24) is 10.9 Å². The molecule has 0 unspecified atom stereocenters. The van der Waals surface area contributed by atoms with Gasteiger partial charge in [0.15, 0.2) is 5.78 Å². The summed E-state index contributed by atoms with van der Waals surface area (Å²) in [4.78, 5) is 36.0. The highest BCUT2D eigenvalue weighted by molar-refractivity contribution is 7.18. The van der Waals surface area contributed by atoms with Crippen molar-refractivity contribution in [2.45, 2.75) is 12.8 Å². The number of rotatable bonds is 5. The SMILES string of the molecule is O=C(CCC(=O)c1ccc(Cl)s1)NNC(=O)c1cc(Cl)ccc1Cl. The maximum atomic E-state index is 11.9. The molecule has 126 valence electrons. The molecular formula is C15H11Cl3N2O3S. The lowest BCUT2D eigenvalue weighted by Gasteiger charge is -2.08. The van der Waals surface area contributed by atoms with Crippen molar-refractivity contribution in [2.24, 2.45) is 0 Å². The number of hydrazine groups is 1. The van der Waals surface area contributed by atoms with Crippen molar-refractivity contribution in [3.05, 3.63) is 55.2 Å². The van der Waals surface area contributed by atoms with Crippen LogP contribution in [0.4, 0.5) is 0 Å². The molecule has 0 bridgehead atoms. The number of carbonyl (C=O) groups excluding carboxylic acids is 3. The molecule has 0 atom stereocenters. The van der Waals surface area contributed by atoms with Crippen LogP contribution in [0, 0.1) is 0 Å². The number of amides is 2. The predicted octanol–water partition coefficient (Wildman–Crippen LogP) is 4.13. The Kier molecular flexibility index (Phi) is 6.62. The zero-order valence-electron chi connectivity index (χ0n) is 12.1. The lowest BCUT2D eigenvalue weighted by molar-refractivity contribution is -0.121. The topological polar surface area (TPSA) is 75.3 Å². The zero-order valence-corrected chi connectivity index (χ0v) is 15.2. The van der Waals surface area contributed by atoms with E-state index in [1.165, 1.54) is 12.1 Å². The van der Waals surface area contributed by atoms with Gasteiger partial charge in [0.25, 0.3) is 5.91 Å². The molecule has 0 saturated carbocycles. The summed E-state index contributed by atoms with van der Waals surface area (Å²) >= 11 is 18.6. The van der Waals surface area contributed by atoms with E-state index in [2.05, 4.69) is 10.9 Å². The number of nitrogens with one attached hydrogen (secondary N) is 2. The van der Waals surface area contributed by atoms with Crippen LogP contribution in [0.25, 0.3) is 0 Å². The van der Waals surface area contributed by atoms with Crippen molar-refractivity contribution in [3.63, 3.8) is 0 Å². The fourth-order valence-electron chi connectivity index (χ4n) is 1.74. The summed E-state index contributed by atoms with van der Waals surface area (Å²) in [5, 5.41) is 0.548. The molecule has 0 aliphatic carbocycles. The molecule has 2 rings (SSSR count). The molecule has 1 aromatic heterocycles. The van der Waals surface area contributed by atoms with Crippen LogP contribution in [-0.2, 0) is 4.79 Å². The first-order valence-electron chi connectivity index (χ1n) is 6.69. The molecule has 2 amide bonds. The van der Waals surface area contributed by atoms with E-state index in [0.29, 0.717) is 14.2 Å². The number of hydrogen-bond acceptors (Lipinski definition) is 4. The summed E-state index contributed by atoms with van der Waals surface area (Å²) < 4.78 is 0.508. The van der Waals surface area contributed by atoms with Crippen molar-refractivity contribution in [1.29, 1.82) is 0 Å². The van der Waals surface area contributed by atoms with Crippen LogP contribution in [0.3, 0.4) is 0 Å². The normalized spacial score (nSPS) is 10.3. The molecule has 1 aromatic carbocycles. The fourth-order valence-corrected chi connectivity index (χ4v) is 3.13. The number of Topliss-reactive ketones (excluding diaryl/α,β-unsaturated/α-hetero) is 1. The van der Waals surface area contributed by atoms with Crippen LogP contribution >= 0.6 is 46.1 Å². The molecule has 1 heterocycles. The molecule has 5 nitrogen and oxygen atoms in total. The number of benzene rings is 1. The van der Waals surface area contributed by atoms with Crippen LogP contribution in [0.2, 0.25) is 14.4 Å². The van der Waals surface area contributed by atoms with Crippen molar-refractivity contribution >= 4 is 63.7 Å². The maximum Gasteiger partial charge on any atom is 0.271 e. The maximum absolute atomic E-state index is 11.9. The van der Waals surface area contributed by atoms with Gasteiger partial charge in [0.1, 0.15) is 0 Å². The molecule has 0 aliphatic heterocycles. The number of ketones is 1. The van der Waals surface area contributed by atoms with Gasteiger partial charge in [0.05, 0.1) is 19.8 Å². The van der Waals surface area contributed by atoms with Crippen molar-refractivity contribution < 1.29 is 14.4 Å². The first-order chi connectivity index (χ1) is 11.4. The lowest BCUT2D eigenvalue weighted by atomic mass is 10.2. The second-order valence-corrected chi connectivity index (χ2v) is 7.21. The van der Waals surface area contributed by atoms with Gasteiger partial charge >= 0.3 is 0 Å². The Morgan fingerprint density at radius 3 is 2.38 bits per heavy atom. The smallest absolute Gasteiger partial charge is 0.271 e. The molecule has 0 aliphatic rings. The number of hydrogen-bond donors (Lipinski definition) is 2. The van der Waals surface area contributed by atoms with Crippen LogP contribution in [0.5, 0.6) is 0 Å². The highest BCUT2D eigenvalue weighted by Crippen LogP contribution is 2.23. The Bertz CT molecular complexity index is 792. The van der Waals surface area contributed by atoms with Gasteiger partial charge in [0, 0.05) is 17.9 Å². The number of thiophene rings is 1. The molecule has 2 aromatic rings. The van der Waals surface area contributed by atoms with Crippen LogP contribution < -0.4 is 10.9 Å². The lowest BCUT2D eigenvalue weighted by Crippen LogP contribution is -2.41. The van der Waals surface area contributed by atoms with E-state index in [4.69, 9.17) is 34.8 Å². The highest BCUT2D eigenvalue weighted by Gasteiger charge is 2.14. The molecule has 0 fully saturated rings. The van der Waals surface area contributed by atoms with Crippen molar-refractivity contribution in [2.75, 3.05) is 0 Å². The molecule has 0 radical (unpaired) electrons. The molecule has 0 saturated heterocycles. The zero-order chi connectivity index (χ0) is 17.7. The first-order valence-corrected chi connectivity index (χ1v) is 8.64. The highest BCUT2D eigenvalue weighted by atomic mass is 35.5. The largest absolute Gasteiger partial charge is 0.293 e. The van der Waals surface area contributed by atoms with Crippen LogP contribution in [0.1, 0.15) is 32.9 Å². The van der Waals surface area contributed by atoms with E-state index in [1.54, 1.807) is 18.2 Å². The van der Waals surface area contributed by atoms with E-state index >= 15 is 0 Å². The van der Waals surface area contributed by atoms with Gasteiger partial charge in [-0.2, -0.15) is 0 Å². The summed E-state index contributed by atoms with van der Waals surface area (Å²) in [6, 6.07) is 7.63. The monoisotopic (exact) mass is 404 g/mol. The third-order valence-corrected chi connectivity index (χ3v) is 4.75. The van der Waals surface area contributed by atoms with Crippen molar-refractivity contribution in [3.8, 4) is 0 Å². The second kappa shape index (κ2) is 8.48. The van der Waals surface area contributed by atoms with Gasteiger partial charge in [-0.05, 0) is 30.3 Å². The van der Waals surface area contributed by atoms with Gasteiger partial charge in [-0.15, -0.1) is 11.3 Å². The summed E-state index contributed by atoms with van der Waals surface area (Å²) in [7, 11) is 0. The second-order valence-electron chi connectivity index (χ2n) is 4.65. The van der Waals surface area contributed by atoms with E-state index in [9.17, 15) is 14.4 Å². The van der Waals surface area contributed by atoms with E-state index in [-0.39, 0.29) is 29.2 Å². The Morgan fingerprint density at radius 1 is 0.958 bits per heavy atom. The van der Waals surface area contributed by atoms with Crippen LogP contribution in [-0.4, -0.2) is 17.6 Å². The Morgan fingerprint density at radius 2 is 1.71 bits per heavy atom. The fraction of sp³-hybridized carbons (Fsp3) is 0.133. The third-order valence-electron chi connectivity index (χ3n) is 2.92. The minimum absolute atomic E-state index is 0.0104. The average Bonchev–Trinajstić information content (AvgIpc) is 2.99. The Hall–Kier alpha value is -1.60. The van der Waals surface area contributed by atoms with E-state index in [0.717, 1.165) is 11.3 Å². The Balaban J connectivity index is 1.81. The number of halogens is 3. The Labute approximate surface area is 156 Å². The minimum atomic E-state index is -0.604. The predicted molar refractivity (Wildman–Crippen MR) is 95.0 cm³/mol. The van der Waals surface area contributed by atoms with Gasteiger partial charge in [-0.1, -0.05) is 34.8 Å². The standard InChI is InChI=1S/C15H11Cl3N2O3S/c16-8-1-2-10(17)9(7-8)15(23)20-19-14(22)6-3-11(21)12-4-5-13(18)24-12/h1-2,4-5,7H,3,6H2,(H,19,22)(H,20,23). The third kappa shape index (κ3) is 5.21. The van der Waals surface area contributed by atoms with Gasteiger partial charge in [0.2, 0.25) is 5.91 Å². The number of carbonyl (C=O) groups is 3. The summed E-state index contributed by atoms with van der Waals surface area (Å²) in [6.07, 6.45) is -0.0611. The first kappa shape index (κ1) is 18.7. The van der Waals surface area contributed by atoms with Gasteiger partial charge < -0.3 is 0 Å². The molecule has 9 heteroatoms. The summed E-state index contributed by atoms with van der Waals surface area (Å²) in [5.41, 5.74) is 4.58. The quantitative estimate of drug-likeness (QED) is 0.580.